The van der Waals surface area contributed by atoms with Gasteiger partial charge in [0.1, 0.15) is 11.7 Å². The lowest BCUT2D eigenvalue weighted by atomic mass is 10.0. The Morgan fingerprint density at radius 2 is 2.10 bits per heavy atom. The van der Waals surface area contributed by atoms with Gasteiger partial charge < -0.3 is 15.2 Å². The third-order valence-corrected chi connectivity index (χ3v) is 5.74. The van der Waals surface area contributed by atoms with Gasteiger partial charge >= 0.3 is 0 Å². The summed E-state index contributed by atoms with van der Waals surface area (Å²) in [5, 5.41) is 5.91. The molecule has 3 N–H and O–H groups in total. The molecular formula is C22H19N5O4. The van der Waals surface area contributed by atoms with Gasteiger partial charge in [-0.1, -0.05) is 12.1 Å². The van der Waals surface area contributed by atoms with E-state index in [0.717, 1.165) is 16.5 Å². The van der Waals surface area contributed by atoms with Crippen LogP contribution in [0.2, 0.25) is 0 Å². The van der Waals surface area contributed by atoms with Gasteiger partial charge in [-0.05, 0) is 35.7 Å². The van der Waals surface area contributed by atoms with Crippen LogP contribution in [-0.2, 0) is 22.7 Å². The first-order valence-electron chi connectivity index (χ1n) is 9.98. The maximum Gasteiger partial charge on any atom is 0.255 e. The van der Waals surface area contributed by atoms with Crippen molar-refractivity contribution in [2.24, 2.45) is 0 Å². The number of amides is 4. The van der Waals surface area contributed by atoms with Crippen LogP contribution in [0.4, 0.5) is 0 Å². The lowest BCUT2D eigenvalue weighted by Gasteiger charge is -2.29. The highest BCUT2D eigenvalue weighted by molar-refractivity contribution is 6.06. The number of aromatic nitrogens is 2. The molecule has 0 saturated carbocycles. The lowest BCUT2D eigenvalue weighted by Crippen LogP contribution is -2.52. The van der Waals surface area contributed by atoms with Crippen LogP contribution in [0.3, 0.4) is 0 Å². The van der Waals surface area contributed by atoms with Gasteiger partial charge in [-0.3, -0.25) is 24.5 Å². The van der Waals surface area contributed by atoms with E-state index >= 15 is 0 Å². The van der Waals surface area contributed by atoms with Crippen molar-refractivity contribution in [2.45, 2.75) is 32.0 Å². The van der Waals surface area contributed by atoms with E-state index in [9.17, 15) is 19.2 Å². The molecule has 1 fully saturated rings. The summed E-state index contributed by atoms with van der Waals surface area (Å²) in [6, 6.07) is 8.41. The number of carbonyl (C=O) groups excluding carboxylic acids is 4. The van der Waals surface area contributed by atoms with Gasteiger partial charge in [-0.25, -0.2) is 4.98 Å². The number of imide groups is 1. The minimum absolute atomic E-state index is 0.219. The van der Waals surface area contributed by atoms with Gasteiger partial charge in [0.15, 0.2) is 0 Å². The predicted octanol–water partition coefficient (Wildman–Crippen LogP) is 1.25. The summed E-state index contributed by atoms with van der Waals surface area (Å²) < 4.78 is 0. The molecule has 2 aliphatic rings. The van der Waals surface area contributed by atoms with Gasteiger partial charge in [-0.15, -0.1) is 0 Å². The molecule has 1 atom stereocenters. The van der Waals surface area contributed by atoms with Crippen molar-refractivity contribution in [1.29, 1.82) is 0 Å². The molecule has 1 unspecified atom stereocenters. The predicted molar refractivity (Wildman–Crippen MR) is 110 cm³/mol. The van der Waals surface area contributed by atoms with Crippen molar-refractivity contribution >= 4 is 34.7 Å². The number of rotatable bonds is 4. The van der Waals surface area contributed by atoms with Crippen molar-refractivity contribution in [2.75, 3.05) is 0 Å². The summed E-state index contributed by atoms with van der Waals surface area (Å²) in [6.07, 6.45) is 3.82. The van der Waals surface area contributed by atoms with E-state index in [1.807, 2.05) is 18.2 Å². The van der Waals surface area contributed by atoms with Crippen molar-refractivity contribution < 1.29 is 19.2 Å². The Morgan fingerprint density at radius 3 is 2.94 bits per heavy atom. The number of pyridine rings is 1. The topological polar surface area (TPSA) is 124 Å². The molecule has 1 saturated heterocycles. The Balaban J connectivity index is 1.29. The van der Waals surface area contributed by atoms with E-state index in [1.165, 1.54) is 4.90 Å². The third kappa shape index (κ3) is 3.33. The first-order chi connectivity index (χ1) is 15.0. The molecule has 31 heavy (non-hydrogen) atoms. The first kappa shape index (κ1) is 19.0. The zero-order valence-electron chi connectivity index (χ0n) is 16.5. The van der Waals surface area contributed by atoms with Crippen LogP contribution in [-0.4, -0.2) is 44.5 Å². The Hall–Kier alpha value is -4.01. The summed E-state index contributed by atoms with van der Waals surface area (Å²) in [7, 11) is 0. The summed E-state index contributed by atoms with van der Waals surface area (Å²) in [6.45, 7) is 0.583. The minimum atomic E-state index is -0.642. The SMILES string of the molecule is O=C1CCC(N2Cc3ccc(CNC(=O)c4c[nH]c5ncccc45)cc3C2=O)C(=O)N1. The van der Waals surface area contributed by atoms with Crippen LogP contribution in [0.15, 0.2) is 42.7 Å². The number of nitrogens with one attached hydrogen (secondary N) is 3. The number of fused-ring (bicyclic) bond motifs is 2. The van der Waals surface area contributed by atoms with E-state index in [1.54, 1.807) is 24.5 Å². The van der Waals surface area contributed by atoms with Crippen molar-refractivity contribution in [3.63, 3.8) is 0 Å². The second kappa shape index (κ2) is 7.35. The van der Waals surface area contributed by atoms with Crippen LogP contribution in [0.1, 0.15) is 44.7 Å². The summed E-state index contributed by atoms with van der Waals surface area (Å²) in [4.78, 5) is 57.7. The highest BCUT2D eigenvalue weighted by Crippen LogP contribution is 2.28. The fraction of sp³-hybridized carbons (Fsp3) is 0.227. The Morgan fingerprint density at radius 1 is 1.23 bits per heavy atom. The van der Waals surface area contributed by atoms with Crippen LogP contribution < -0.4 is 10.6 Å². The largest absolute Gasteiger partial charge is 0.348 e. The molecule has 2 aromatic heterocycles. The van der Waals surface area contributed by atoms with Gasteiger partial charge in [0.05, 0.1) is 5.56 Å². The number of piperidine rings is 1. The van der Waals surface area contributed by atoms with E-state index in [0.29, 0.717) is 29.7 Å². The number of aromatic amines is 1. The van der Waals surface area contributed by atoms with Crippen molar-refractivity contribution in [1.82, 2.24) is 25.5 Å². The molecule has 2 aliphatic heterocycles. The van der Waals surface area contributed by atoms with Gasteiger partial charge in [0, 0.05) is 42.9 Å². The van der Waals surface area contributed by atoms with E-state index < -0.39 is 11.9 Å². The average molecular weight is 417 g/mol. The molecule has 3 aromatic rings. The molecule has 4 heterocycles. The second-order valence-electron chi connectivity index (χ2n) is 7.68. The second-order valence-corrected chi connectivity index (χ2v) is 7.68. The Bertz CT molecular complexity index is 1250. The molecule has 9 nitrogen and oxygen atoms in total. The van der Waals surface area contributed by atoms with Crippen LogP contribution >= 0.6 is 0 Å². The standard InChI is InChI=1S/C22H19N5O4/c28-18-6-5-17(21(30)26-18)27-11-13-4-3-12(8-15(13)22(27)31)9-25-20(29)16-10-24-19-14(16)2-1-7-23-19/h1-4,7-8,10,17H,5-6,9,11H2,(H,23,24)(H,25,29)(H,26,28,30). The quantitative estimate of drug-likeness (QED) is 0.551. The Kier molecular flexibility index (Phi) is 4.50. The summed E-state index contributed by atoms with van der Waals surface area (Å²) >= 11 is 0. The van der Waals surface area contributed by atoms with E-state index in [2.05, 4.69) is 20.6 Å². The van der Waals surface area contributed by atoms with E-state index in [4.69, 9.17) is 0 Å². The summed E-state index contributed by atoms with van der Waals surface area (Å²) in [5.74, 6) is -1.22. The third-order valence-electron chi connectivity index (χ3n) is 5.74. The molecule has 0 radical (unpaired) electrons. The van der Waals surface area contributed by atoms with Crippen molar-refractivity contribution in [3.05, 3.63) is 65.0 Å². The average Bonchev–Trinajstić information content (AvgIpc) is 3.34. The highest BCUT2D eigenvalue weighted by Gasteiger charge is 2.39. The first-order valence-corrected chi connectivity index (χ1v) is 9.98. The normalized spacial score (nSPS) is 18.3. The fourth-order valence-corrected chi connectivity index (χ4v) is 4.13. The monoisotopic (exact) mass is 417 g/mol. The molecule has 4 amide bonds. The maximum atomic E-state index is 12.9. The molecule has 0 spiro atoms. The van der Waals surface area contributed by atoms with Crippen LogP contribution in [0, 0.1) is 0 Å². The van der Waals surface area contributed by atoms with Crippen molar-refractivity contribution in [3.8, 4) is 0 Å². The van der Waals surface area contributed by atoms with Crippen LogP contribution in [0.5, 0.6) is 0 Å². The minimum Gasteiger partial charge on any atom is -0.348 e. The lowest BCUT2D eigenvalue weighted by molar-refractivity contribution is -0.136. The van der Waals surface area contributed by atoms with E-state index in [-0.39, 0.29) is 30.7 Å². The number of H-pyrrole nitrogens is 1. The molecule has 9 heteroatoms. The molecule has 0 aliphatic carbocycles. The smallest absolute Gasteiger partial charge is 0.255 e. The number of carbonyl (C=O) groups is 4. The number of hydrogen-bond donors (Lipinski definition) is 3. The van der Waals surface area contributed by atoms with Gasteiger partial charge in [0.2, 0.25) is 11.8 Å². The fourth-order valence-electron chi connectivity index (χ4n) is 4.13. The Labute approximate surface area is 176 Å². The molecule has 5 rings (SSSR count). The van der Waals surface area contributed by atoms with Crippen LogP contribution in [0.25, 0.3) is 11.0 Å². The molecular weight excluding hydrogens is 398 g/mol. The zero-order chi connectivity index (χ0) is 21.5. The van der Waals surface area contributed by atoms with Gasteiger partial charge in [0.25, 0.3) is 11.8 Å². The molecule has 156 valence electrons. The van der Waals surface area contributed by atoms with Gasteiger partial charge in [-0.2, -0.15) is 0 Å². The molecule has 0 bridgehead atoms. The number of hydrogen-bond acceptors (Lipinski definition) is 5. The maximum absolute atomic E-state index is 12.9. The number of benzene rings is 1. The summed E-state index contributed by atoms with van der Waals surface area (Å²) in [5.41, 5.74) is 3.28. The molecule has 1 aromatic carbocycles. The highest BCUT2D eigenvalue weighted by atomic mass is 16.2. The number of nitrogens with zero attached hydrogens (tertiary/aromatic N) is 2. The zero-order valence-corrected chi connectivity index (χ0v) is 16.5.